The Balaban J connectivity index is 3.02. The number of methoxy groups -OCH3 is 2. The summed E-state index contributed by atoms with van der Waals surface area (Å²) in [6.45, 7) is 1.74. The maximum atomic E-state index is 10.5. The van der Waals surface area contributed by atoms with Crippen LogP contribution in [-0.4, -0.2) is 25.4 Å². The van der Waals surface area contributed by atoms with Gasteiger partial charge in [0.05, 0.1) is 10.5 Å². The normalized spacial score (nSPS) is 14.6. The molecule has 0 aromatic heterocycles. The number of nitrogens with zero attached hydrogens (tertiary/aromatic N) is 1. The Bertz CT molecular complexity index is 385. The number of benzene rings is 1. The van der Waals surface area contributed by atoms with Gasteiger partial charge in [-0.2, -0.15) is 0 Å². The van der Waals surface area contributed by atoms with Crippen molar-refractivity contribution in [3.63, 3.8) is 0 Å². The molecule has 0 spiro atoms. The van der Waals surface area contributed by atoms with Gasteiger partial charge in [-0.15, -0.1) is 0 Å². The van der Waals surface area contributed by atoms with E-state index in [-0.39, 0.29) is 5.69 Å². The van der Waals surface area contributed by atoms with Gasteiger partial charge in [-0.25, -0.2) is 0 Å². The molecule has 1 atom stereocenters. The molecule has 6 nitrogen and oxygen atoms in total. The summed E-state index contributed by atoms with van der Waals surface area (Å²) in [5.74, 6) is 0. The fourth-order valence-electron chi connectivity index (χ4n) is 1.66. The lowest BCUT2D eigenvalue weighted by Gasteiger charge is -2.32. The summed E-state index contributed by atoms with van der Waals surface area (Å²) >= 11 is 0. The van der Waals surface area contributed by atoms with Gasteiger partial charge in [0.2, 0.25) is 0 Å². The van der Waals surface area contributed by atoms with Crippen molar-refractivity contribution in [2.45, 2.75) is 18.8 Å². The highest BCUT2D eigenvalue weighted by atomic mass is 16.7. The molecule has 1 aromatic rings. The predicted octanol–water partition coefficient (Wildman–Crippen LogP) is 1.39. The molecule has 1 unspecified atom stereocenters. The quantitative estimate of drug-likeness (QED) is 0.477. The van der Waals surface area contributed by atoms with E-state index in [1.165, 1.54) is 26.4 Å². The zero-order valence-electron chi connectivity index (χ0n) is 10.0. The average Bonchev–Trinajstić information content (AvgIpc) is 2.30. The van der Waals surface area contributed by atoms with E-state index in [1.54, 1.807) is 19.1 Å². The van der Waals surface area contributed by atoms with E-state index >= 15 is 0 Å². The van der Waals surface area contributed by atoms with E-state index in [0.717, 1.165) is 0 Å². The number of hydrogen-bond donors (Lipinski definition) is 1. The van der Waals surface area contributed by atoms with Gasteiger partial charge in [-0.1, -0.05) is 12.1 Å². The second-order valence-electron chi connectivity index (χ2n) is 3.89. The largest absolute Gasteiger partial charge is 0.354 e. The molecule has 0 saturated heterocycles. The summed E-state index contributed by atoms with van der Waals surface area (Å²) < 4.78 is 10.2. The molecular weight excluding hydrogens is 224 g/mol. The molecule has 0 radical (unpaired) electrons. The molecule has 94 valence electrons. The van der Waals surface area contributed by atoms with E-state index in [9.17, 15) is 10.1 Å². The van der Waals surface area contributed by atoms with Crippen molar-refractivity contribution in [1.29, 1.82) is 0 Å². The van der Waals surface area contributed by atoms with Crippen LogP contribution in [-0.2, 0) is 15.0 Å². The van der Waals surface area contributed by atoms with E-state index in [4.69, 9.17) is 15.2 Å². The minimum absolute atomic E-state index is 0.0240. The third-order valence-electron chi connectivity index (χ3n) is 2.62. The molecule has 0 amide bonds. The van der Waals surface area contributed by atoms with Gasteiger partial charge in [-0.05, 0) is 12.5 Å². The van der Waals surface area contributed by atoms with Crippen molar-refractivity contribution in [3.05, 3.63) is 39.9 Å². The Morgan fingerprint density at radius 3 is 2.12 bits per heavy atom. The first kappa shape index (κ1) is 13.6. The SMILES string of the molecule is COC(OC)C(C)(N)c1ccc([N+](=O)[O-])cc1. The molecule has 0 saturated carbocycles. The topological polar surface area (TPSA) is 87.6 Å². The summed E-state index contributed by atoms with van der Waals surface area (Å²) in [7, 11) is 2.98. The van der Waals surface area contributed by atoms with Crippen LogP contribution in [0, 0.1) is 10.1 Å². The van der Waals surface area contributed by atoms with Crippen molar-refractivity contribution in [3.8, 4) is 0 Å². The van der Waals surface area contributed by atoms with Crippen LogP contribution in [0.3, 0.4) is 0 Å². The van der Waals surface area contributed by atoms with Gasteiger partial charge in [0.15, 0.2) is 6.29 Å². The predicted molar refractivity (Wildman–Crippen MR) is 62.4 cm³/mol. The first-order valence-corrected chi connectivity index (χ1v) is 5.03. The van der Waals surface area contributed by atoms with Crippen LogP contribution in [0.1, 0.15) is 12.5 Å². The van der Waals surface area contributed by atoms with Crippen molar-refractivity contribution in [2.75, 3.05) is 14.2 Å². The number of nitro groups is 1. The summed E-state index contributed by atoms with van der Waals surface area (Å²) in [4.78, 5) is 10.1. The summed E-state index contributed by atoms with van der Waals surface area (Å²) in [5, 5.41) is 10.5. The number of nitro benzene ring substituents is 1. The van der Waals surface area contributed by atoms with E-state index < -0.39 is 16.8 Å². The van der Waals surface area contributed by atoms with Crippen LogP contribution in [0.2, 0.25) is 0 Å². The molecule has 0 aliphatic rings. The Kier molecular flexibility index (Phi) is 4.17. The highest BCUT2D eigenvalue weighted by Crippen LogP contribution is 2.25. The summed E-state index contributed by atoms with van der Waals surface area (Å²) in [5.41, 5.74) is 5.96. The van der Waals surface area contributed by atoms with Gasteiger partial charge in [0, 0.05) is 26.4 Å². The van der Waals surface area contributed by atoms with Gasteiger partial charge >= 0.3 is 0 Å². The molecule has 2 N–H and O–H groups in total. The summed E-state index contributed by atoms with van der Waals surface area (Å²) in [6.07, 6.45) is -0.621. The number of rotatable bonds is 5. The Hall–Kier alpha value is -1.50. The zero-order valence-corrected chi connectivity index (χ0v) is 10.0. The van der Waals surface area contributed by atoms with Crippen molar-refractivity contribution in [2.24, 2.45) is 5.73 Å². The van der Waals surface area contributed by atoms with Crippen LogP contribution in [0.15, 0.2) is 24.3 Å². The maximum absolute atomic E-state index is 10.5. The second kappa shape index (κ2) is 5.22. The molecule has 1 aromatic carbocycles. The van der Waals surface area contributed by atoms with Gasteiger partial charge in [0.1, 0.15) is 0 Å². The smallest absolute Gasteiger partial charge is 0.269 e. The first-order chi connectivity index (χ1) is 7.93. The Morgan fingerprint density at radius 2 is 1.76 bits per heavy atom. The van der Waals surface area contributed by atoms with Gasteiger partial charge in [-0.3, -0.25) is 10.1 Å². The zero-order chi connectivity index (χ0) is 13.1. The van der Waals surface area contributed by atoms with E-state index in [0.29, 0.717) is 5.56 Å². The lowest BCUT2D eigenvalue weighted by atomic mass is 9.92. The molecule has 17 heavy (non-hydrogen) atoms. The van der Waals surface area contributed by atoms with Crippen molar-refractivity contribution < 1.29 is 14.4 Å². The third kappa shape index (κ3) is 2.79. The van der Waals surface area contributed by atoms with Crippen molar-refractivity contribution in [1.82, 2.24) is 0 Å². The standard InChI is InChI=1S/C11H16N2O4/c1-11(12,10(16-2)17-3)8-4-6-9(7-5-8)13(14)15/h4-7,10H,12H2,1-3H3. The van der Waals surface area contributed by atoms with Crippen LogP contribution >= 0.6 is 0 Å². The summed E-state index contributed by atoms with van der Waals surface area (Å²) in [6, 6.07) is 6.01. The molecule has 6 heteroatoms. The van der Waals surface area contributed by atoms with Crippen LogP contribution < -0.4 is 5.73 Å². The highest BCUT2D eigenvalue weighted by Gasteiger charge is 2.32. The lowest BCUT2D eigenvalue weighted by molar-refractivity contribution is -0.384. The molecule has 0 heterocycles. The molecule has 1 rings (SSSR count). The van der Waals surface area contributed by atoms with Crippen LogP contribution in [0.4, 0.5) is 5.69 Å². The third-order valence-corrected chi connectivity index (χ3v) is 2.62. The van der Waals surface area contributed by atoms with E-state index in [1.807, 2.05) is 0 Å². The van der Waals surface area contributed by atoms with Crippen LogP contribution in [0.25, 0.3) is 0 Å². The Labute approximate surface area is 99.5 Å². The molecular formula is C11H16N2O4. The molecule has 0 aliphatic heterocycles. The lowest BCUT2D eigenvalue weighted by Crippen LogP contribution is -2.47. The number of non-ortho nitro benzene ring substituents is 1. The number of hydrogen-bond acceptors (Lipinski definition) is 5. The molecule has 0 aliphatic carbocycles. The second-order valence-corrected chi connectivity index (χ2v) is 3.89. The number of nitrogens with two attached hydrogens (primary N) is 1. The molecule has 0 fully saturated rings. The fraction of sp³-hybridized carbons (Fsp3) is 0.455. The van der Waals surface area contributed by atoms with Crippen LogP contribution in [0.5, 0.6) is 0 Å². The minimum atomic E-state index is -0.876. The monoisotopic (exact) mass is 240 g/mol. The maximum Gasteiger partial charge on any atom is 0.269 e. The minimum Gasteiger partial charge on any atom is -0.354 e. The molecule has 0 bridgehead atoms. The van der Waals surface area contributed by atoms with Crippen molar-refractivity contribution >= 4 is 5.69 Å². The fourth-order valence-corrected chi connectivity index (χ4v) is 1.66. The average molecular weight is 240 g/mol. The Morgan fingerprint density at radius 1 is 1.29 bits per heavy atom. The van der Waals surface area contributed by atoms with E-state index in [2.05, 4.69) is 0 Å². The van der Waals surface area contributed by atoms with Gasteiger partial charge in [0.25, 0.3) is 5.69 Å². The highest BCUT2D eigenvalue weighted by molar-refractivity contribution is 5.36. The van der Waals surface area contributed by atoms with Gasteiger partial charge < -0.3 is 15.2 Å². The number of ether oxygens (including phenoxy) is 2. The first-order valence-electron chi connectivity index (χ1n) is 5.03.